The lowest BCUT2D eigenvalue weighted by molar-refractivity contribution is -0.120. The summed E-state index contributed by atoms with van der Waals surface area (Å²) in [5.41, 5.74) is 1.88. The van der Waals surface area contributed by atoms with E-state index in [1.54, 1.807) is 36.4 Å². The molecule has 0 radical (unpaired) electrons. The number of fused-ring (bicyclic) bond motifs is 1. The summed E-state index contributed by atoms with van der Waals surface area (Å²) in [6.07, 6.45) is 1.14. The van der Waals surface area contributed by atoms with Crippen LogP contribution in [0.25, 0.3) is 0 Å². The first-order valence-corrected chi connectivity index (χ1v) is 10.9. The minimum Gasteiger partial charge on any atom is -0.497 e. The Labute approximate surface area is 164 Å². The van der Waals surface area contributed by atoms with Gasteiger partial charge in [0.05, 0.1) is 12.9 Å². The van der Waals surface area contributed by atoms with Gasteiger partial charge in [0.15, 0.2) is 0 Å². The number of anilines is 1. The number of benzene rings is 2. The largest absolute Gasteiger partial charge is 0.497 e. The van der Waals surface area contributed by atoms with Crippen molar-refractivity contribution in [1.82, 2.24) is 4.90 Å². The number of hydrogen-bond acceptors (Lipinski definition) is 5. The fourth-order valence-electron chi connectivity index (χ4n) is 3.21. The maximum absolute atomic E-state index is 13.0. The molecule has 1 unspecified atom stereocenters. The molecular weight excluding hydrogens is 380 g/mol. The van der Waals surface area contributed by atoms with Crippen LogP contribution in [0.2, 0.25) is 0 Å². The Hall–Kier alpha value is -2.87. The minimum atomic E-state index is -3.29. The number of rotatable bonds is 7. The molecule has 7 nitrogen and oxygen atoms in total. The third-order valence-corrected chi connectivity index (χ3v) is 5.60. The van der Waals surface area contributed by atoms with Gasteiger partial charge in [0.2, 0.25) is 5.91 Å². The van der Waals surface area contributed by atoms with Crippen molar-refractivity contribution < 1.29 is 22.7 Å². The number of amides is 2. The number of hydrogen-bond donors (Lipinski definition) is 1. The number of nitrogens with zero attached hydrogens (tertiary/aromatic N) is 1. The molecule has 2 aromatic rings. The van der Waals surface area contributed by atoms with E-state index in [2.05, 4.69) is 5.32 Å². The van der Waals surface area contributed by atoms with Crippen LogP contribution in [0.3, 0.4) is 0 Å². The number of ether oxygens (including phenoxy) is 1. The molecule has 0 aliphatic carbocycles. The van der Waals surface area contributed by atoms with Crippen molar-refractivity contribution in [2.24, 2.45) is 0 Å². The summed E-state index contributed by atoms with van der Waals surface area (Å²) >= 11 is 0. The van der Waals surface area contributed by atoms with Gasteiger partial charge < -0.3 is 15.0 Å². The van der Waals surface area contributed by atoms with Gasteiger partial charge in [-0.1, -0.05) is 24.3 Å². The Morgan fingerprint density at radius 1 is 1.21 bits per heavy atom. The van der Waals surface area contributed by atoms with Gasteiger partial charge in [0, 0.05) is 30.1 Å². The highest BCUT2D eigenvalue weighted by atomic mass is 32.2. The first-order valence-electron chi connectivity index (χ1n) is 8.80. The third-order valence-electron chi connectivity index (χ3n) is 4.63. The summed E-state index contributed by atoms with van der Waals surface area (Å²) in [5, 5.41) is 2.77. The normalized spacial score (nSPS) is 14.5. The highest BCUT2D eigenvalue weighted by Gasteiger charge is 2.36. The van der Waals surface area contributed by atoms with Gasteiger partial charge in [-0.3, -0.25) is 9.59 Å². The maximum Gasteiger partial charge on any atom is 0.255 e. The van der Waals surface area contributed by atoms with Crippen LogP contribution >= 0.6 is 0 Å². The number of methoxy groups -OCH3 is 1. The van der Waals surface area contributed by atoms with Crippen LogP contribution in [0.15, 0.2) is 48.5 Å². The van der Waals surface area contributed by atoms with Crippen LogP contribution in [-0.4, -0.2) is 50.3 Å². The van der Waals surface area contributed by atoms with E-state index in [4.69, 9.17) is 4.74 Å². The van der Waals surface area contributed by atoms with E-state index >= 15 is 0 Å². The topological polar surface area (TPSA) is 92.8 Å². The molecule has 3 rings (SSSR count). The van der Waals surface area contributed by atoms with E-state index in [9.17, 15) is 18.0 Å². The van der Waals surface area contributed by atoms with E-state index in [0.717, 1.165) is 11.8 Å². The highest BCUT2D eigenvalue weighted by Crippen LogP contribution is 2.26. The number of nitrogens with one attached hydrogen (secondary N) is 1. The lowest BCUT2D eigenvalue weighted by Gasteiger charge is -2.27. The predicted molar refractivity (Wildman–Crippen MR) is 106 cm³/mol. The molecule has 1 heterocycles. The van der Waals surface area contributed by atoms with Gasteiger partial charge in [-0.15, -0.1) is 0 Å². The van der Waals surface area contributed by atoms with Crippen LogP contribution in [-0.2, 0) is 21.2 Å². The Morgan fingerprint density at radius 3 is 2.64 bits per heavy atom. The molecule has 0 saturated heterocycles. The average Bonchev–Trinajstić information content (AvgIpc) is 2.98. The molecule has 1 aliphatic heterocycles. The highest BCUT2D eigenvalue weighted by molar-refractivity contribution is 7.90. The van der Waals surface area contributed by atoms with Gasteiger partial charge in [0.1, 0.15) is 21.6 Å². The van der Waals surface area contributed by atoms with Crippen molar-refractivity contribution in [2.75, 3.05) is 24.4 Å². The molecule has 0 spiro atoms. The second kappa shape index (κ2) is 8.02. The molecule has 2 aromatic carbocycles. The van der Waals surface area contributed by atoms with Crippen LogP contribution in [0.1, 0.15) is 22.3 Å². The van der Waals surface area contributed by atoms with Gasteiger partial charge in [0.25, 0.3) is 5.91 Å². The SMILES string of the molecule is COc1cccc(NC(=O)C(CCS(C)(=O)=O)N2Cc3ccccc3C2=O)c1. The average molecular weight is 402 g/mol. The van der Waals surface area contributed by atoms with E-state index in [0.29, 0.717) is 17.0 Å². The second-order valence-corrected chi connectivity index (χ2v) is 9.01. The number of sulfone groups is 1. The van der Waals surface area contributed by atoms with Crippen LogP contribution in [0.5, 0.6) is 5.75 Å². The van der Waals surface area contributed by atoms with E-state index < -0.39 is 21.8 Å². The standard InChI is InChI=1S/C20H22N2O5S/c1-27-16-8-5-7-15(12-16)21-19(23)18(10-11-28(2,25)26)22-13-14-6-3-4-9-17(14)20(22)24/h3-9,12,18H,10-11,13H2,1-2H3,(H,21,23). The summed E-state index contributed by atoms with van der Waals surface area (Å²) in [6.45, 7) is 0.273. The third kappa shape index (κ3) is 4.51. The Balaban J connectivity index is 1.84. The summed E-state index contributed by atoms with van der Waals surface area (Å²) in [7, 11) is -1.76. The molecular formula is C20H22N2O5S. The first kappa shape index (κ1) is 19.9. The summed E-state index contributed by atoms with van der Waals surface area (Å²) in [6, 6.07) is 13.1. The zero-order valence-corrected chi connectivity index (χ0v) is 16.5. The lowest BCUT2D eigenvalue weighted by atomic mass is 10.1. The zero-order valence-electron chi connectivity index (χ0n) is 15.7. The van der Waals surface area contributed by atoms with Crippen molar-refractivity contribution in [3.8, 4) is 5.75 Å². The van der Waals surface area contributed by atoms with Crippen LogP contribution in [0.4, 0.5) is 5.69 Å². The summed E-state index contributed by atoms with van der Waals surface area (Å²) < 4.78 is 28.5. The molecule has 0 bridgehead atoms. The van der Waals surface area contributed by atoms with Gasteiger partial charge in [-0.25, -0.2) is 8.42 Å². The molecule has 1 aliphatic rings. The van der Waals surface area contributed by atoms with Gasteiger partial charge in [-0.05, 0) is 30.2 Å². The van der Waals surface area contributed by atoms with E-state index in [-0.39, 0.29) is 24.6 Å². The quantitative estimate of drug-likeness (QED) is 0.766. The fourth-order valence-corrected chi connectivity index (χ4v) is 3.86. The monoisotopic (exact) mass is 402 g/mol. The minimum absolute atomic E-state index is 0.0222. The van der Waals surface area contributed by atoms with Gasteiger partial charge in [-0.2, -0.15) is 0 Å². The Morgan fingerprint density at radius 2 is 1.96 bits per heavy atom. The van der Waals surface area contributed by atoms with Crippen molar-refractivity contribution in [2.45, 2.75) is 19.0 Å². The zero-order chi connectivity index (χ0) is 20.3. The number of carbonyl (C=O) groups excluding carboxylic acids is 2. The van der Waals surface area contributed by atoms with E-state index in [1.165, 1.54) is 12.0 Å². The molecule has 0 saturated carbocycles. The molecule has 2 amide bonds. The van der Waals surface area contributed by atoms with Crippen molar-refractivity contribution in [1.29, 1.82) is 0 Å². The lowest BCUT2D eigenvalue weighted by Crippen LogP contribution is -2.45. The van der Waals surface area contributed by atoms with Crippen molar-refractivity contribution in [3.05, 3.63) is 59.7 Å². The molecule has 8 heteroatoms. The molecule has 148 valence electrons. The van der Waals surface area contributed by atoms with E-state index in [1.807, 2.05) is 12.1 Å². The summed E-state index contributed by atoms with van der Waals surface area (Å²) in [5.74, 6) is -0.313. The molecule has 1 N–H and O–H groups in total. The first-order chi connectivity index (χ1) is 13.3. The smallest absolute Gasteiger partial charge is 0.255 e. The molecule has 1 atom stereocenters. The molecule has 0 fully saturated rings. The van der Waals surface area contributed by atoms with Crippen molar-refractivity contribution in [3.63, 3.8) is 0 Å². The number of carbonyl (C=O) groups is 2. The molecule has 0 aromatic heterocycles. The predicted octanol–water partition coefficient (Wildman–Crippen LogP) is 2.09. The molecule has 28 heavy (non-hydrogen) atoms. The van der Waals surface area contributed by atoms with Crippen LogP contribution in [0, 0.1) is 0 Å². The second-order valence-electron chi connectivity index (χ2n) is 6.75. The van der Waals surface area contributed by atoms with Crippen LogP contribution < -0.4 is 10.1 Å². The Kier molecular flexibility index (Phi) is 5.69. The van der Waals surface area contributed by atoms with Crippen molar-refractivity contribution >= 4 is 27.3 Å². The maximum atomic E-state index is 13.0. The summed E-state index contributed by atoms with van der Waals surface area (Å²) in [4.78, 5) is 27.2. The Bertz CT molecular complexity index is 1000. The van der Waals surface area contributed by atoms with Gasteiger partial charge >= 0.3 is 0 Å². The fraction of sp³-hybridized carbons (Fsp3) is 0.300.